The number of carbonyl (C=O) groups excluding carboxylic acids is 1. The molecular weight excluding hydrogens is 402 g/mol. The van der Waals surface area contributed by atoms with Crippen LogP contribution in [0, 0.1) is 0 Å². The van der Waals surface area contributed by atoms with Gasteiger partial charge in [-0.1, -0.05) is 60.4 Å². The van der Waals surface area contributed by atoms with Gasteiger partial charge in [0.15, 0.2) is 5.76 Å². The first kappa shape index (κ1) is 17.9. The molecule has 7 heteroatoms. The summed E-state index contributed by atoms with van der Waals surface area (Å²) in [6.45, 7) is 0. The van der Waals surface area contributed by atoms with Gasteiger partial charge in [-0.15, -0.1) is 0 Å². The molecule has 2 aromatic carbocycles. The smallest absolute Gasteiger partial charge is 0.265 e. The van der Waals surface area contributed by atoms with E-state index in [1.54, 1.807) is 11.7 Å². The zero-order valence-electron chi connectivity index (χ0n) is 15.4. The van der Waals surface area contributed by atoms with E-state index in [1.807, 2.05) is 72.9 Å². The summed E-state index contributed by atoms with van der Waals surface area (Å²) >= 11 is 6.54. The number of nitrogens with zero attached hydrogens (tertiary/aromatic N) is 3. The molecule has 5 rings (SSSR count). The van der Waals surface area contributed by atoms with Gasteiger partial charge in [-0.2, -0.15) is 5.10 Å². The fraction of sp³-hybridized carbons (Fsp3) is 0.0455. The predicted octanol–water partition coefficient (Wildman–Crippen LogP) is 5.12. The highest BCUT2D eigenvalue weighted by Gasteiger charge is 2.29. The zero-order chi connectivity index (χ0) is 20.0. The number of hydrogen-bond acceptors (Lipinski definition) is 5. The molecule has 0 atom stereocenters. The molecular formula is C22H15N3O2S2. The average Bonchev–Trinajstić information content (AvgIpc) is 3.42. The van der Waals surface area contributed by atoms with Crippen molar-refractivity contribution in [3.63, 3.8) is 0 Å². The zero-order valence-corrected chi connectivity index (χ0v) is 17.0. The number of fused-ring (bicyclic) bond motifs is 1. The minimum Gasteiger partial charge on any atom is -0.454 e. The number of benzene rings is 2. The first-order valence-electron chi connectivity index (χ1n) is 8.96. The van der Waals surface area contributed by atoms with Gasteiger partial charge in [-0.25, -0.2) is 4.68 Å². The molecule has 1 fully saturated rings. The van der Waals surface area contributed by atoms with Crippen molar-refractivity contribution in [2.75, 3.05) is 7.05 Å². The highest BCUT2D eigenvalue weighted by Crippen LogP contribution is 2.35. The molecule has 1 aliphatic heterocycles. The fourth-order valence-corrected chi connectivity index (χ4v) is 4.35. The highest BCUT2D eigenvalue weighted by atomic mass is 32.2. The quantitative estimate of drug-likeness (QED) is 0.342. The molecule has 3 heterocycles. The standard InChI is InChI=1S/C22H15N3O2S2/c1-24-21(26)19(29-22(24)28)12-15-13-25(16-8-3-2-4-9-16)23-20(15)18-11-14-7-5-6-10-17(14)27-18/h2-13H,1H3. The van der Waals surface area contributed by atoms with E-state index in [0.29, 0.717) is 20.7 Å². The van der Waals surface area contributed by atoms with E-state index >= 15 is 0 Å². The Morgan fingerprint density at radius 3 is 2.59 bits per heavy atom. The van der Waals surface area contributed by atoms with Gasteiger partial charge in [0, 0.05) is 24.2 Å². The molecule has 0 unspecified atom stereocenters. The maximum Gasteiger partial charge on any atom is 0.265 e. The van der Waals surface area contributed by atoms with E-state index in [2.05, 4.69) is 0 Å². The van der Waals surface area contributed by atoms with Gasteiger partial charge in [-0.3, -0.25) is 9.69 Å². The van der Waals surface area contributed by atoms with E-state index in [9.17, 15) is 4.79 Å². The summed E-state index contributed by atoms with van der Waals surface area (Å²) < 4.78 is 8.38. The van der Waals surface area contributed by atoms with E-state index in [0.717, 1.165) is 22.2 Å². The number of aromatic nitrogens is 2. The van der Waals surface area contributed by atoms with Crippen LogP contribution in [0.15, 0.2) is 76.2 Å². The Labute approximate surface area is 176 Å². The number of likely N-dealkylation sites (N-methyl/N-ethyl adjacent to an activating group) is 1. The maximum absolute atomic E-state index is 12.5. The number of carbonyl (C=O) groups is 1. The summed E-state index contributed by atoms with van der Waals surface area (Å²) in [6.07, 6.45) is 3.73. The van der Waals surface area contributed by atoms with Gasteiger partial charge in [0.2, 0.25) is 0 Å². The first-order chi connectivity index (χ1) is 14.1. The molecule has 1 amide bonds. The van der Waals surface area contributed by atoms with Gasteiger partial charge in [0.05, 0.1) is 10.6 Å². The number of amides is 1. The number of thioether (sulfide) groups is 1. The number of rotatable bonds is 3. The number of para-hydroxylation sites is 2. The van der Waals surface area contributed by atoms with Gasteiger partial charge >= 0.3 is 0 Å². The SMILES string of the molecule is CN1C(=O)C(=Cc2cn(-c3ccccc3)nc2-c2cc3ccccc3o2)SC1=S. The molecule has 0 spiro atoms. The van der Waals surface area contributed by atoms with Crippen molar-refractivity contribution in [1.29, 1.82) is 0 Å². The molecule has 0 radical (unpaired) electrons. The topological polar surface area (TPSA) is 51.3 Å². The molecule has 5 nitrogen and oxygen atoms in total. The third kappa shape index (κ3) is 3.18. The number of furan rings is 1. The van der Waals surface area contributed by atoms with Crippen LogP contribution in [0.2, 0.25) is 0 Å². The number of thiocarbonyl (C=S) groups is 1. The Morgan fingerprint density at radius 1 is 1.10 bits per heavy atom. The van der Waals surface area contributed by atoms with Crippen LogP contribution in [0.5, 0.6) is 0 Å². The lowest BCUT2D eigenvalue weighted by Gasteiger charge is -2.03. The molecule has 0 aliphatic carbocycles. The Bertz CT molecular complexity index is 1250. The van der Waals surface area contributed by atoms with Crippen LogP contribution in [0.3, 0.4) is 0 Å². The Kier molecular flexibility index (Phi) is 4.34. The Morgan fingerprint density at radius 2 is 1.86 bits per heavy atom. The fourth-order valence-electron chi connectivity index (χ4n) is 3.18. The lowest BCUT2D eigenvalue weighted by molar-refractivity contribution is -0.121. The maximum atomic E-state index is 12.5. The van der Waals surface area contributed by atoms with E-state index in [1.165, 1.54) is 16.7 Å². The average molecular weight is 418 g/mol. The van der Waals surface area contributed by atoms with Crippen molar-refractivity contribution >= 4 is 51.3 Å². The molecule has 0 bridgehead atoms. The highest BCUT2D eigenvalue weighted by molar-refractivity contribution is 8.26. The summed E-state index contributed by atoms with van der Waals surface area (Å²) in [6, 6.07) is 19.6. The normalized spacial score (nSPS) is 15.8. The summed E-state index contributed by atoms with van der Waals surface area (Å²) in [5.41, 5.74) is 3.18. The van der Waals surface area contributed by atoms with E-state index in [-0.39, 0.29) is 5.91 Å². The van der Waals surface area contributed by atoms with Gasteiger partial charge in [-0.05, 0) is 30.3 Å². The molecule has 0 N–H and O–H groups in total. The van der Waals surface area contributed by atoms with Crippen LogP contribution in [-0.4, -0.2) is 32.0 Å². The molecule has 0 saturated carbocycles. The van der Waals surface area contributed by atoms with Crippen molar-refractivity contribution in [3.8, 4) is 17.1 Å². The molecule has 2 aromatic heterocycles. The predicted molar refractivity (Wildman–Crippen MR) is 120 cm³/mol. The van der Waals surface area contributed by atoms with Crippen LogP contribution in [0.1, 0.15) is 5.56 Å². The second kappa shape index (κ2) is 7.02. The van der Waals surface area contributed by atoms with Crippen molar-refractivity contribution < 1.29 is 9.21 Å². The third-order valence-electron chi connectivity index (χ3n) is 4.70. The van der Waals surface area contributed by atoms with E-state index in [4.69, 9.17) is 21.7 Å². The van der Waals surface area contributed by atoms with Gasteiger partial charge in [0.25, 0.3) is 5.91 Å². The van der Waals surface area contributed by atoms with Crippen molar-refractivity contribution in [1.82, 2.24) is 14.7 Å². The summed E-state index contributed by atoms with van der Waals surface area (Å²) in [5.74, 6) is 0.544. The van der Waals surface area contributed by atoms with Crippen LogP contribution in [-0.2, 0) is 4.79 Å². The van der Waals surface area contributed by atoms with Crippen molar-refractivity contribution in [3.05, 3.63) is 77.3 Å². The van der Waals surface area contributed by atoms with Gasteiger partial charge < -0.3 is 4.42 Å². The lowest BCUT2D eigenvalue weighted by atomic mass is 10.1. The minimum absolute atomic E-state index is 0.108. The largest absolute Gasteiger partial charge is 0.454 e. The second-order valence-electron chi connectivity index (χ2n) is 6.60. The van der Waals surface area contributed by atoms with Crippen molar-refractivity contribution in [2.24, 2.45) is 0 Å². The monoisotopic (exact) mass is 417 g/mol. The molecule has 4 aromatic rings. The lowest BCUT2D eigenvalue weighted by Crippen LogP contribution is -2.22. The second-order valence-corrected chi connectivity index (χ2v) is 8.28. The number of hydrogen-bond donors (Lipinski definition) is 0. The Balaban J connectivity index is 1.67. The molecule has 29 heavy (non-hydrogen) atoms. The first-order valence-corrected chi connectivity index (χ1v) is 10.2. The summed E-state index contributed by atoms with van der Waals surface area (Å²) in [4.78, 5) is 14.5. The minimum atomic E-state index is -0.108. The molecule has 142 valence electrons. The van der Waals surface area contributed by atoms with Crippen LogP contribution < -0.4 is 0 Å². The van der Waals surface area contributed by atoms with Crippen LogP contribution >= 0.6 is 24.0 Å². The van der Waals surface area contributed by atoms with Gasteiger partial charge in [0.1, 0.15) is 15.6 Å². The van der Waals surface area contributed by atoms with Crippen LogP contribution in [0.25, 0.3) is 34.2 Å². The molecule has 1 aliphatic rings. The van der Waals surface area contributed by atoms with Crippen molar-refractivity contribution in [2.45, 2.75) is 0 Å². The van der Waals surface area contributed by atoms with E-state index < -0.39 is 0 Å². The third-order valence-corrected chi connectivity index (χ3v) is 6.18. The Hall–Kier alpha value is -3.16. The summed E-state index contributed by atoms with van der Waals surface area (Å²) in [7, 11) is 1.69. The molecule has 1 saturated heterocycles. The summed E-state index contributed by atoms with van der Waals surface area (Å²) in [5, 5.41) is 5.76. The van der Waals surface area contributed by atoms with Crippen LogP contribution in [0.4, 0.5) is 0 Å².